The first-order valence-electron chi connectivity index (χ1n) is 8.35. The number of amides is 1. The maximum absolute atomic E-state index is 12.6. The Morgan fingerprint density at radius 1 is 1.28 bits per heavy atom. The highest BCUT2D eigenvalue weighted by atomic mass is 32.2. The van der Waals surface area contributed by atoms with Crippen LogP contribution in [-0.4, -0.2) is 43.7 Å². The second-order valence-electron chi connectivity index (χ2n) is 6.94. The molecule has 136 valence electrons. The van der Waals surface area contributed by atoms with Crippen molar-refractivity contribution in [1.29, 1.82) is 0 Å². The molecule has 25 heavy (non-hydrogen) atoms. The first-order chi connectivity index (χ1) is 11.7. The fourth-order valence-corrected chi connectivity index (χ4v) is 4.82. The van der Waals surface area contributed by atoms with E-state index in [1.54, 1.807) is 18.2 Å². The largest absolute Gasteiger partial charge is 0.481 e. The summed E-state index contributed by atoms with van der Waals surface area (Å²) >= 11 is 0. The second kappa shape index (κ2) is 6.33. The quantitative estimate of drug-likeness (QED) is 0.822. The van der Waals surface area contributed by atoms with Gasteiger partial charge in [0, 0.05) is 12.1 Å². The number of anilines is 1. The van der Waals surface area contributed by atoms with Gasteiger partial charge in [-0.2, -0.15) is 0 Å². The molecule has 0 atom stereocenters. The predicted octanol–water partition coefficient (Wildman–Crippen LogP) is 1.53. The standard InChI is InChI=1S/C17H22N2O5S/c1-25(23,24)19-9-6-12-10-13(4-5-14(12)19)16(22)18-17(11-15(20)21)7-2-3-8-17/h4-5,10H,2-3,6-9,11H2,1H3,(H,18,22)(H,20,21). The molecule has 7 nitrogen and oxygen atoms in total. The Morgan fingerprint density at radius 3 is 2.56 bits per heavy atom. The van der Waals surface area contributed by atoms with Gasteiger partial charge < -0.3 is 10.4 Å². The van der Waals surface area contributed by atoms with Gasteiger partial charge in [-0.25, -0.2) is 8.42 Å². The Kier molecular flexibility index (Phi) is 4.49. The third kappa shape index (κ3) is 3.63. The zero-order chi connectivity index (χ0) is 18.2. The van der Waals surface area contributed by atoms with Gasteiger partial charge in [0.25, 0.3) is 5.91 Å². The zero-order valence-electron chi connectivity index (χ0n) is 14.1. The van der Waals surface area contributed by atoms with E-state index in [9.17, 15) is 18.0 Å². The molecule has 0 spiro atoms. The third-order valence-corrected chi connectivity index (χ3v) is 6.20. The molecule has 2 N–H and O–H groups in total. The number of carbonyl (C=O) groups excluding carboxylic acids is 1. The Balaban J connectivity index is 1.81. The Morgan fingerprint density at radius 2 is 1.96 bits per heavy atom. The van der Waals surface area contributed by atoms with Crippen LogP contribution in [-0.2, 0) is 21.2 Å². The lowest BCUT2D eigenvalue weighted by atomic mass is 9.92. The highest BCUT2D eigenvalue weighted by Crippen LogP contribution is 2.34. The van der Waals surface area contributed by atoms with Crippen LogP contribution < -0.4 is 9.62 Å². The number of nitrogens with zero attached hydrogens (tertiary/aromatic N) is 1. The average Bonchev–Trinajstić information content (AvgIpc) is 3.11. The summed E-state index contributed by atoms with van der Waals surface area (Å²) in [5.74, 6) is -1.22. The topological polar surface area (TPSA) is 104 Å². The molecule has 1 fully saturated rings. The number of carboxylic acid groups (broad SMARTS) is 1. The molecule has 1 amide bonds. The average molecular weight is 366 g/mol. The molecule has 3 rings (SSSR count). The minimum atomic E-state index is -3.32. The molecule has 2 aliphatic rings. The van der Waals surface area contributed by atoms with Crippen molar-refractivity contribution in [2.24, 2.45) is 0 Å². The fourth-order valence-electron chi connectivity index (χ4n) is 3.86. The Labute approximate surface area is 147 Å². The number of sulfonamides is 1. The van der Waals surface area contributed by atoms with E-state index in [0.717, 1.165) is 18.4 Å². The Bertz CT molecular complexity index is 812. The number of carboxylic acids is 1. The maximum atomic E-state index is 12.6. The molecule has 0 bridgehead atoms. The number of rotatable bonds is 5. The van der Waals surface area contributed by atoms with Crippen molar-refractivity contribution in [3.63, 3.8) is 0 Å². The molecule has 1 aromatic carbocycles. The molecule has 0 unspecified atom stereocenters. The van der Waals surface area contributed by atoms with E-state index in [1.165, 1.54) is 10.6 Å². The summed E-state index contributed by atoms with van der Waals surface area (Å²) in [6.45, 7) is 0.377. The number of carbonyl (C=O) groups is 2. The summed E-state index contributed by atoms with van der Waals surface area (Å²) < 4.78 is 24.9. The summed E-state index contributed by atoms with van der Waals surface area (Å²) in [6, 6.07) is 4.96. The first-order valence-corrected chi connectivity index (χ1v) is 10.2. The van der Waals surface area contributed by atoms with Gasteiger partial charge in [-0.3, -0.25) is 13.9 Å². The minimum Gasteiger partial charge on any atom is -0.481 e. The van der Waals surface area contributed by atoms with Crippen LogP contribution in [0.3, 0.4) is 0 Å². The third-order valence-electron chi connectivity index (χ3n) is 5.02. The van der Waals surface area contributed by atoms with Gasteiger partial charge in [0.15, 0.2) is 0 Å². The van der Waals surface area contributed by atoms with Crippen LogP contribution in [0.5, 0.6) is 0 Å². The summed E-state index contributed by atoms with van der Waals surface area (Å²) in [4.78, 5) is 23.8. The van der Waals surface area contributed by atoms with E-state index in [4.69, 9.17) is 5.11 Å². The van der Waals surface area contributed by atoms with Gasteiger partial charge in [0.1, 0.15) is 0 Å². The number of benzene rings is 1. The van der Waals surface area contributed by atoms with Crippen LogP contribution in [0.4, 0.5) is 5.69 Å². The zero-order valence-corrected chi connectivity index (χ0v) is 14.9. The number of nitrogens with one attached hydrogen (secondary N) is 1. The number of fused-ring (bicyclic) bond motifs is 1. The molecular formula is C17H22N2O5S. The van der Waals surface area contributed by atoms with E-state index in [1.807, 2.05) is 0 Å². The van der Waals surface area contributed by atoms with Gasteiger partial charge in [-0.15, -0.1) is 0 Å². The number of hydrogen-bond donors (Lipinski definition) is 2. The van der Waals surface area contributed by atoms with Gasteiger partial charge in [-0.1, -0.05) is 12.8 Å². The highest BCUT2D eigenvalue weighted by molar-refractivity contribution is 7.92. The van der Waals surface area contributed by atoms with E-state index in [-0.39, 0.29) is 12.3 Å². The summed E-state index contributed by atoms with van der Waals surface area (Å²) in [5.41, 5.74) is 1.18. The van der Waals surface area contributed by atoms with Crippen molar-refractivity contribution in [2.45, 2.75) is 44.1 Å². The molecule has 1 aromatic rings. The van der Waals surface area contributed by atoms with Crippen molar-refractivity contribution < 1.29 is 23.1 Å². The minimum absolute atomic E-state index is 0.0778. The van der Waals surface area contributed by atoms with Crippen molar-refractivity contribution in [3.8, 4) is 0 Å². The van der Waals surface area contributed by atoms with Crippen LogP contribution in [0.1, 0.15) is 48.0 Å². The lowest BCUT2D eigenvalue weighted by molar-refractivity contribution is -0.138. The molecule has 1 aliphatic heterocycles. The van der Waals surface area contributed by atoms with Crippen LogP contribution in [0.15, 0.2) is 18.2 Å². The van der Waals surface area contributed by atoms with Crippen LogP contribution in [0, 0.1) is 0 Å². The normalized spacial score (nSPS) is 18.8. The lowest BCUT2D eigenvalue weighted by Crippen LogP contribution is -2.47. The lowest BCUT2D eigenvalue weighted by Gasteiger charge is -2.28. The molecule has 0 radical (unpaired) electrons. The molecule has 0 aromatic heterocycles. The first kappa shape index (κ1) is 17.7. The van der Waals surface area contributed by atoms with Gasteiger partial charge in [-0.05, 0) is 43.0 Å². The monoisotopic (exact) mass is 366 g/mol. The van der Waals surface area contributed by atoms with E-state index < -0.39 is 21.5 Å². The van der Waals surface area contributed by atoms with Gasteiger partial charge in [0.05, 0.1) is 23.9 Å². The molecule has 1 saturated carbocycles. The maximum Gasteiger partial charge on any atom is 0.305 e. The summed E-state index contributed by atoms with van der Waals surface area (Å²) in [7, 11) is -3.32. The summed E-state index contributed by atoms with van der Waals surface area (Å²) in [5, 5.41) is 12.1. The Hall–Kier alpha value is -2.09. The molecule has 0 saturated heterocycles. The predicted molar refractivity (Wildman–Crippen MR) is 93.3 cm³/mol. The molecule has 1 aliphatic carbocycles. The van der Waals surface area contributed by atoms with Crippen molar-refractivity contribution in [1.82, 2.24) is 5.32 Å². The van der Waals surface area contributed by atoms with E-state index in [2.05, 4.69) is 5.32 Å². The van der Waals surface area contributed by atoms with E-state index >= 15 is 0 Å². The molecule has 1 heterocycles. The number of hydrogen-bond acceptors (Lipinski definition) is 4. The summed E-state index contributed by atoms with van der Waals surface area (Å²) in [6.07, 6.45) is 4.78. The van der Waals surface area contributed by atoms with Crippen molar-refractivity contribution >= 4 is 27.6 Å². The van der Waals surface area contributed by atoms with Crippen LogP contribution in [0.25, 0.3) is 0 Å². The van der Waals surface area contributed by atoms with Crippen LogP contribution >= 0.6 is 0 Å². The number of aliphatic carboxylic acids is 1. The van der Waals surface area contributed by atoms with Gasteiger partial charge >= 0.3 is 5.97 Å². The SMILES string of the molecule is CS(=O)(=O)N1CCc2cc(C(=O)NC3(CC(=O)O)CCCC3)ccc21. The molecular weight excluding hydrogens is 344 g/mol. The van der Waals surface area contributed by atoms with Gasteiger partial charge in [0.2, 0.25) is 10.0 Å². The van der Waals surface area contributed by atoms with Crippen molar-refractivity contribution in [2.75, 3.05) is 17.1 Å². The highest BCUT2D eigenvalue weighted by Gasteiger charge is 2.38. The second-order valence-corrected chi connectivity index (χ2v) is 8.85. The van der Waals surface area contributed by atoms with Crippen LogP contribution in [0.2, 0.25) is 0 Å². The van der Waals surface area contributed by atoms with E-state index in [0.29, 0.717) is 37.1 Å². The van der Waals surface area contributed by atoms with Crippen molar-refractivity contribution in [3.05, 3.63) is 29.3 Å². The fraction of sp³-hybridized carbons (Fsp3) is 0.529. The smallest absolute Gasteiger partial charge is 0.305 e. The molecule has 8 heteroatoms.